The average molecular weight is 202 g/mol. The molecule has 0 saturated heterocycles. The van der Waals surface area contributed by atoms with Crippen LogP contribution in [0.25, 0.3) is 0 Å². The second-order valence-corrected chi connectivity index (χ2v) is 15.4. The van der Waals surface area contributed by atoms with Gasteiger partial charge in [0.25, 0.3) is 0 Å². The molecule has 0 aliphatic heterocycles. The van der Waals surface area contributed by atoms with Crippen LogP contribution in [0, 0.1) is 5.92 Å². The van der Waals surface area contributed by atoms with Crippen molar-refractivity contribution in [3.63, 3.8) is 0 Å². The van der Waals surface area contributed by atoms with Gasteiger partial charge in [-0.05, 0) is 0 Å². The van der Waals surface area contributed by atoms with E-state index in [4.69, 9.17) is 0 Å². The molecule has 1 fully saturated rings. The van der Waals surface area contributed by atoms with Crippen LogP contribution in [0.3, 0.4) is 0 Å². The van der Waals surface area contributed by atoms with Crippen LogP contribution in [0.1, 0.15) is 39.5 Å². The fourth-order valence-electron chi connectivity index (χ4n) is 2.81. The molecule has 0 aromatic heterocycles. The molecule has 1 heteroatoms. The molecule has 0 bridgehead atoms. The summed E-state index contributed by atoms with van der Waals surface area (Å²) in [6, 6.07) is 0. The second kappa shape index (κ2) is 2.96. The van der Waals surface area contributed by atoms with Crippen molar-refractivity contribution in [3.05, 3.63) is 0 Å². The molecule has 0 nitrogen and oxygen atoms in total. The molecular weight excluding hydrogens is 175 g/mol. The summed E-state index contributed by atoms with van der Waals surface area (Å²) in [4.78, 5) is 0. The Morgan fingerprint density at radius 3 is 1.62 bits per heavy atom. The van der Waals surface area contributed by atoms with Gasteiger partial charge in [0.2, 0.25) is 0 Å². The molecule has 0 N–H and O–H groups in total. The zero-order valence-electron chi connectivity index (χ0n) is 10.4. The van der Waals surface area contributed by atoms with Gasteiger partial charge < -0.3 is 0 Å². The summed E-state index contributed by atoms with van der Waals surface area (Å²) in [6.45, 7) is 13.7. The first-order valence-electron chi connectivity index (χ1n) is 5.64. The molecule has 1 rings (SSSR count). The van der Waals surface area contributed by atoms with Crippen molar-refractivity contribution in [2.75, 3.05) is 26.7 Å². The van der Waals surface area contributed by atoms with Crippen LogP contribution in [0.5, 0.6) is 0 Å². The van der Waals surface area contributed by atoms with Crippen LogP contribution in [-0.2, 0) is 0 Å². The molecular formula is C12H27P. The van der Waals surface area contributed by atoms with Crippen molar-refractivity contribution in [3.8, 4) is 0 Å². The van der Waals surface area contributed by atoms with Crippen molar-refractivity contribution in [2.24, 2.45) is 5.92 Å². The van der Waals surface area contributed by atoms with E-state index in [1.807, 2.05) is 0 Å². The van der Waals surface area contributed by atoms with Crippen LogP contribution in [-0.4, -0.2) is 31.8 Å². The third-order valence-electron chi connectivity index (χ3n) is 3.97. The van der Waals surface area contributed by atoms with Crippen LogP contribution < -0.4 is 0 Å². The topological polar surface area (TPSA) is 0 Å². The van der Waals surface area contributed by atoms with E-state index in [1.165, 1.54) is 25.7 Å². The Kier molecular flexibility index (Phi) is 2.62. The first kappa shape index (κ1) is 11.5. The van der Waals surface area contributed by atoms with Gasteiger partial charge in [-0.1, -0.05) is 0 Å². The Bertz CT molecular complexity index is 182. The molecule has 0 spiro atoms. The number of hydrogen-bond acceptors (Lipinski definition) is 0. The minimum absolute atomic E-state index is 0.750. The average Bonchev–Trinajstić information content (AvgIpc) is 1.72. The van der Waals surface area contributed by atoms with Crippen LogP contribution in [0.4, 0.5) is 0 Å². The van der Waals surface area contributed by atoms with E-state index in [9.17, 15) is 0 Å². The molecule has 1 saturated carbocycles. The molecule has 0 aromatic rings. The summed E-state index contributed by atoms with van der Waals surface area (Å²) in [6.07, 6.45) is 5.95. The molecule has 0 amide bonds. The molecule has 0 atom stereocenters. The van der Waals surface area contributed by atoms with E-state index < -0.39 is 6.60 Å². The summed E-state index contributed by atoms with van der Waals surface area (Å²) in [5.41, 5.74) is 0. The SMILES string of the molecule is CC(C)CC1(P(C)(C)(C)C)CCC1. The predicted octanol–water partition coefficient (Wildman–Crippen LogP) is 4.03. The summed E-state index contributed by atoms with van der Waals surface area (Å²) < 4.78 is 0. The predicted molar refractivity (Wildman–Crippen MR) is 66.7 cm³/mol. The summed E-state index contributed by atoms with van der Waals surface area (Å²) in [5, 5.41) is 0.750. The number of hydrogen-bond donors (Lipinski definition) is 0. The van der Waals surface area contributed by atoms with Crippen molar-refractivity contribution >= 4 is 6.60 Å². The van der Waals surface area contributed by atoms with Gasteiger partial charge in [-0.15, -0.1) is 0 Å². The molecule has 0 unspecified atom stereocenters. The van der Waals surface area contributed by atoms with E-state index >= 15 is 0 Å². The first-order valence-corrected chi connectivity index (χ1v) is 9.66. The monoisotopic (exact) mass is 202 g/mol. The zero-order valence-corrected chi connectivity index (χ0v) is 11.2. The maximum atomic E-state index is 2.56. The summed E-state index contributed by atoms with van der Waals surface area (Å²) >= 11 is 0. The van der Waals surface area contributed by atoms with Crippen molar-refractivity contribution in [1.29, 1.82) is 0 Å². The van der Waals surface area contributed by atoms with Gasteiger partial charge in [0.05, 0.1) is 0 Å². The van der Waals surface area contributed by atoms with Crippen molar-refractivity contribution in [2.45, 2.75) is 44.7 Å². The molecule has 13 heavy (non-hydrogen) atoms. The van der Waals surface area contributed by atoms with Crippen molar-refractivity contribution < 1.29 is 0 Å². The van der Waals surface area contributed by atoms with E-state index in [0.29, 0.717) is 0 Å². The van der Waals surface area contributed by atoms with E-state index in [2.05, 4.69) is 40.5 Å². The van der Waals surface area contributed by atoms with Gasteiger partial charge in [-0.3, -0.25) is 0 Å². The molecule has 1 aliphatic rings. The fourth-order valence-corrected chi connectivity index (χ4v) is 6.01. The van der Waals surface area contributed by atoms with Crippen LogP contribution in [0.2, 0.25) is 0 Å². The third-order valence-corrected chi connectivity index (χ3v) is 8.39. The summed E-state index contributed by atoms with van der Waals surface area (Å²) in [5.74, 6) is 0.876. The zero-order chi connectivity index (χ0) is 10.4. The van der Waals surface area contributed by atoms with E-state index in [-0.39, 0.29) is 0 Å². The van der Waals surface area contributed by atoms with Gasteiger partial charge in [-0.2, -0.15) is 0 Å². The van der Waals surface area contributed by atoms with Gasteiger partial charge in [0, 0.05) is 0 Å². The number of rotatable bonds is 3. The Labute approximate surface area is 84.4 Å². The van der Waals surface area contributed by atoms with Crippen molar-refractivity contribution in [1.82, 2.24) is 0 Å². The minimum atomic E-state index is -1.35. The normalized spacial score (nSPS) is 25.0. The maximum absolute atomic E-state index is 2.56. The Hall–Kier alpha value is 0.430. The Balaban J connectivity index is 2.82. The summed E-state index contributed by atoms with van der Waals surface area (Å²) in [7, 11) is 0. The van der Waals surface area contributed by atoms with Gasteiger partial charge in [-0.25, -0.2) is 0 Å². The molecule has 0 heterocycles. The van der Waals surface area contributed by atoms with Gasteiger partial charge in [0.1, 0.15) is 0 Å². The standard InChI is InChI=1S/C12H27P/c1-11(2)10-12(8-7-9-12)13(3,4,5)6/h11H,7-10H2,1-6H3. The Morgan fingerprint density at radius 1 is 1.08 bits per heavy atom. The van der Waals surface area contributed by atoms with E-state index in [1.54, 1.807) is 0 Å². The molecule has 1 aliphatic carbocycles. The van der Waals surface area contributed by atoms with Gasteiger partial charge in [0.15, 0.2) is 0 Å². The molecule has 80 valence electrons. The quantitative estimate of drug-likeness (QED) is 0.606. The molecule has 0 aromatic carbocycles. The fraction of sp³-hybridized carbons (Fsp3) is 1.00. The first-order chi connectivity index (χ1) is 5.64. The Morgan fingerprint density at radius 2 is 1.54 bits per heavy atom. The third kappa shape index (κ3) is 2.09. The van der Waals surface area contributed by atoms with E-state index in [0.717, 1.165) is 11.1 Å². The molecule has 0 radical (unpaired) electrons. The van der Waals surface area contributed by atoms with Crippen LogP contribution in [0.15, 0.2) is 0 Å². The van der Waals surface area contributed by atoms with Crippen LogP contribution >= 0.6 is 6.60 Å². The van der Waals surface area contributed by atoms with Gasteiger partial charge >= 0.3 is 83.9 Å². The second-order valence-electron chi connectivity index (χ2n) is 7.25.